The van der Waals surface area contributed by atoms with Gasteiger partial charge in [-0.2, -0.15) is 5.26 Å². The van der Waals surface area contributed by atoms with Crippen molar-refractivity contribution < 1.29 is 9.90 Å². The highest BCUT2D eigenvalue weighted by Gasteiger charge is 2.12. The zero-order valence-electron chi connectivity index (χ0n) is 11.5. The maximum Gasteiger partial charge on any atom is 0.335 e. The van der Waals surface area contributed by atoms with Gasteiger partial charge in [0.25, 0.3) is 0 Å². The molecule has 0 atom stereocenters. The molecule has 0 saturated carbocycles. The van der Waals surface area contributed by atoms with Crippen LogP contribution in [0.4, 0.5) is 0 Å². The lowest BCUT2D eigenvalue weighted by Gasteiger charge is -1.99. The first kappa shape index (κ1) is 14.1. The highest BCUT2D eigenvalue weighted by molar-refractivity contribution is 7.19. The number of hydrogen-bond acceptors (Lipinski definition) is 3. The number of aromatic carboxylic acids is 1. The molecule has 3 aromatic rings. The van der Waals surface area contributed by atoms with Crippen molar-refractivity contribution in [1.82, 2.24) is 0 Å². The van der Waals surface area contributed by atoms with E-state index >= 15 is 0 Å². The summed E-state index contributed by atoms with van der Waals surface area (Å²) in [7, 11) is 0. The standard InChI is InChI=1S/C18H11NO2S/c19-11-15-10-16(12-6-8-14(9-7-12)18(20)21)22-17(15)13-4-2-1-3-5-13/h1-10H,(H,20,21). The molecule has 1 N–H and O–H groups in total. The molecule has 0 bridgehead atoms. The van der Waals surface area contributed by atoms with Gasteiger partial charge in [0, 0.05) is 4.88 Å². The minimum Gasteiger partial charge on any atom is -0.478 e. The second-order valence-corrected chi connectivity index (χ2v) is 5.77. The number of nitrogens with zero attached hydrogens (tertiary/aromatic N) is 1. The van der Waals surface area contributed by atoms with Gasteiger partial charge in [-0.15, -0.1) is 11.3 Å². The number of thiophene rings is 1. The lowest BCUT2D eigenvalue weighted by molar-refractivity contribution is 0.0697. The van der Waals surface area contributed by atoms with E-state index < -0.39 is 5.97 Å². The number of carbonyl (C=O) groups is 1. The maximum atomic E-state index is 10.9. The van der Waals surface area contributed by atoms with Crippen LogP contribution in [0.2, 0.25) is 0 Å². The minimum atomic E-state index is -0.944. The Labute approximate surface area is 131 Å². The number of carboxylic acids is 1. The Kier molecular flexibility index (Phi) is 3.73. The van der Waals surface area contributed by atoms with Gasteiger partial charge in [-0.05, 0) is 29.3 Å². The fourth-order valence-corrected chi connectivity index (χ4v) is 3.32. The second-order valence-electron chi connectivity index (χ2n) is 4.71. The first-order valence-electron chi connectivity index (χ1n) is 6.62. The van der Waals surface area contributed by atoms with Gasteiger partial charge in [0.2, 0.25) is 0 Å². The third-order valence-corrected chi connectivity index (χ3v) is 4.54. The molecular weight excluding hydrogens is 294 g/mol. The molecule has 0 aliphatic rings. The maximum absolute atomic E-state index is 10.9. The molecule has 0 radical (unpaired) electrons. The number of benzene rings is 2. The van der Waals surface area contributed by atoms with Gasteiger partial charge >= 0.3 is 5.97 Å². The summed E-state index contributed by atoms with van der Waals surface area (Å²) in [4.78, 5) is 12.8. The van der Waals surface area contributed by atoms with Crippen molar-refractivity contribution in [3.8, 4) is 27.0 Å². The molecule has 2 aromatic carbocycles. The SMILES string of the molecule is N#Cc1cc(-c2ccc(C(=O)O)cc2)sc1-c1ccccc1. The van der Waals surface area contributed by atoms with Crippen LogP contribution in [0, 0.1) is 11.3 Å². The van der Waals surface area contributed by atoms with Crippen LogP contribution in [0.1, 0.15) is 15.9 Å². The van der Waals surface area contributed by atoms with Gasteiger partial charge in [0.1, 0.15) is 6.07 Å². The molecule has 0 aliphatic heterocycles. The monoisotopic (exact) mass is 305 g/mol. The van der Waals surface area contributed by atoms with Crippen LogP contribution in [0.5, 0.6) is 0 Å². The van der Waals surface area contributed by atoms with E-state index in [1.54, 1.807) is 24.3 Å². The quantitative estimate of drug-likeness (QED) is 0.766. The third kappa shape index (κ3) is 2.62. The van der Waals surface area contributed by atoms with E-state index in [0.29, 0.717) is 5.56 Å². The fourth-order valence-electron chi connectivity index (χ4n) is 2.20. The van der Waals surface area contributed by atoms with E-state index in [2.05, 4.69) is 6.07 Å². The third-order valence-electron chi connectivity index (χ3n) is 3.30. The van der Waals surface area contributed by atoms with Crippen LogP contribution in [0.15, 0.2) is 60.7 Å². The van der Waals surface area contributed by atoms with Crippen molar-refractivity contribution in [3.05, 3.63) is 71.8 Å². The van der Waals surface area contributed by atoms with Crippen molar-refractivity contribution in [2.24, 2.45) is 0 Å². The Bertz CT molecular complexity index is 858. The number of carboxylic acid groups (broad SMARTS) is 1. The van der Waals surface area contributed by atoms with E-state index in [1.165, 1.54) is 11.3 Å². The minimum absolute atomic E-state index is 0.254. The van der Waals surface area contributed by atoms with Crippen LogP contribution in [0.25, 0.3) is 20.9 Å². The summed E-state index contributed by atoms with van der Waals surface area (Å²) in [6.07, 6.45) is 0. The van der Waals surface area contributed by atoms with Gasteiger partial charge in [-0.1, -0.05) is 42.5 Å². The zero-order valence-corrected chi connectivity index (χ0v) is 12.3. The molecule has 22 heavy (non-hydrogen) atoms. The Morgan fingerprint density at radius 2 is 1.68 bits per heavy atom. The molecule has 106 valence electrons. The summed E-state index contributed by atoms with van der Waals surface area (Å²) in [6.45, 7) is 0. The van der Waals surface area contributed by atoms with E-state index in [4.69, 9.17) is 5.11 Å². The first-order chi connectivity index (χ1) is 10.7. The predicted octanol–water partition coefficient (Wildman–Crippen LogP) is 4.65. The Hall–Kier alpha value is -2.90. The van der Waals surface area contributed by atoms with Crippen LogP contribution >= 0.6 is 11.3 Å². The van der Waals surface area contributed by atoms with Crippen molar-refractivity contribution in [2.45, 2.75) is 0 Å². The van der Waals surface area contributed by atoms with Gasteiger partial charge in [-0.25, -0.2) is 4.79 Å². The molecule has 0 amide bonds. The Balaban J connectivity index is 2.04. The number of nitriles is 1. The van der Waals surface area contributed by atoms with Gasteiger partial charge < -0.3 is 5.11 Å². The first-order valence-corrected chi connectivity index (χ1v) is 7.44. The fraction of sp³-hybridized carbons (Fsp3) is 0. The van der Waals surface area contributed by atoms with Crippen molar-refractivity contribution >= 4 is 17.3 Å². The van der Waals surface area contributed by atoms with E-state index in [0.717, 1.165) is 20.9 Å². The van der Waals surface area contributed by atoms with Crippen LogP contribution in [-0.4, -0.2) is 11.1 Å². The molecule has 0 saturated heterocycles. The van der Waals surface area contributed by atoms with Gasteiger partial charge in [0.05, 0.1) is 16.0 Å². The molecule has 0 spiro atoms. The highest BCUT2D eigenvalue weighted by atomic mass is 32.1. The normalized spacial score (nSPS) is 10.1. The molecule has 3 nitrogen and oxygen atoms in total. The second kappa shape index (κ2) is 5.84. The van der Waals surface area contributed by atoms with Crippen LogP contribution in [-0.2, 0) is 0 Å². The number of rotatable bonds is 3. The van der Waals surface area contributed by atoms with Crippen LogP contribution < -0.4 is 0 Å². The summed E-state index contributed by atoms with van der Waals surface area (Å²) < 4.78 is 0. The summed E-state index contributed by atoms with van der Waals surface area (Å²) >= 11 is 1.53. The smallest absolute Gasteiger partial charge is 0.335 e. The summed E-state index contributed by atoms with van der Waals surface area (Å²) in [5.41, 5.74) is 2.81. The van der Waals surface area contributed by atoms with Gasteiger partial charge in [0.15, 0.2) is 0 Å². The summed E-state index contributed by atoms with van der Waals surface area (Å²) in [6, 6.07) is 20.5. The molecule has 1 heterocycles. The van der Waals surface area contributed by atoms with Gasteiger partial charge in [-0.3, -0.25) is 0 Å². The molecular formula is C18H11NO2S. The molecule has 0 unspecified atom stereocenters. The highest BCUT2D eigenvalue weighted by Crippen LogP contribution is 2.37. The summed E-state index contributed by atoms with van der Waals surface area (Å²) in [5.74, 6) is -0.944. The molecule has 1 aromatic heterocycles. The van der Waals surface area contributed by atoms with E-state index in [1.807, 2.05) is 36.4 Å². The zero-order chi connectivity index (χ0) is 15.5. The van der Waals surface area contributed by atoms with Crippen molar-refractivity contribution in [2.75, 3.05) is 0 Å². The molecule has 3 rings (SSSR count). The largest absolute Gasteiger partial charge is 0.478 e. The Morgan fingerprint density at radius 1 is 1.00 bits per heavy atom. The topological polar surface area (TPSA) is 61.1 Å². The van der Waals surface area contributed by atoms with E-state index in [9.17, 15) is 10.1 Å². The summed E-state index contributed by atoms with van der Waals surface area (Å²) in [5, 5.41) is 18.3. The lowest BCUT2D eigenvalue weighted by Crippen LogP contribution is -1.94. The predicted molar refractivity (Wildman–Crippen MR) is 86.9 cm³/mol. The average Bonchev–Trinajstić information content (AvgIpc) is 3.00. The van der Waals surface area contributed by atoms with E-state index in [-0.39, 0.29) is 5.56 Å². The number of hydrogen-bond donors (Lipinski definition) is 1. The van der Waals surface area contributed by atoms with Crippen LogP contribution in [0.3, 0.4) is 0 Å². The van der Waals surface area contributed by atoms with Crippen molar-refractivity contribution in [1.29, 1.82) is 5.26 Å². The molecule has 0 fully saturated rings. The molecule has 0 aliphatic carbocycles. The lowest BCUT2D eigenvalue weighted by atomic mass is 10.1. The molecule has 4 heteroatoms. The Morgan fingerprint density at radius 3 is 2.27 bits per heavy atom. The average molecular weight is 305 g/mol. The van der Waals surface area contributed by atoms with Crippen molar-refractivity contribution in [3.63, 3.8) is 0 Å².